The molecule has 0 fully saturated rings. The maximum atomic E-state index is 10.7. The first-order valence-corrected chi connectivity index (χ1v) is 4.33. The Balaban J connectivity index is 0.00000144. The van der Waals surface area contributed by atoms with Crippen LogP contribution in [0.2, 0.25) is 0 Å². The number of halogens is 1. The average molecular weight is 361 g/mol. The first-order valence-electron chi connectivity index (χ1n) is 3.25. The molecule has 1 aromatic rings. The van der Waals surface area contributed by atoms with Gasteiger partial charge in [0.1, 0.15) is 0 Å². The van der Waals surface area contributed by atoms with Crippen molar-refractivity contribution in [3.8, 4) is 0 Å². The van der Waals surface area contributed by atoms with E-state index < -0.39 is 0 Å². The van der Waals surface area contributed by atoms with Gasteiger partial charge < -0.3 is 4.79 Å². The summed E-state index contributed by atoms with van der Waals surface area (Å²) < 4.78 is -0.102. The van der Waals surface area contributed by atoms with Crippen molar-refractivity contribution < 1.29 is 42.3 Å². The third-order valence-corrected chi connectivity index (χ3v) is 1.65. The molecular formula is C9H5IO2Y-2. The van der Waals surface area contributed by atoms with Crippen molar-refractivity contribution in [1.82, 2.24) is 0 Å². The van der Waals surface area contributed by atoms with Crippen LogP contribution in [0.3, 0.4) is 0 Å². The third-order valence-electron chi connectivity index (χ3n) is 1.34. The molecule has 1 rings (SSSR count). The summed E-state index contributed by atoms with van der Waals surface area (Å²) in [5.41, 5.74) is 1.04. The summed E-state index contributed by atoms with van der Waals surface area (Å²) in [6.45, 7) is 0. The summed E-state index contributed by atoms with van der Waals surface area (Å²) in [4.78, 5) is 21.0. The molecule has 0 heterocycles. The molecule has 0 saturated carbocycles. The van der Waals surface area contributed by atoms with E-state index in [0.29, 0.717) is 11.1 Å². The number of carbonyl (C=O) groups excluding carboxylic acids is 2. The van der Waals surface area contributed by atoms with Crippen LogP contribution >= 0.6 is 22.6 Å². The molecule has 4 heteroatoms. The number of rotatable bonds is 3. The molecule has 1 radical (unpaired) electrons. The van der Waals surface area contributed by atoms with Gasteiger partial charge in [0, 0.05) is 32.7 Å². The van der Waals surface area contributed by atoms with E-state index in [1.807, 2.05) is 0 Å². The summed E-state index contributed by atoms with van der Waals surface area (Å²) in [5.74, 6) is 0. The molecule has 65 valence electrons. The maximum absolute atomic E-state index is 10.7. The van der Waals surface area contributed by atoms with E-state index in [-0.39, 0.29) is 36.5 Å². The Morgan fingerprint density at radius 2 is 2.00 bits per heavy atom. The number of hydrogen-bond acceptors (Lipinski definition) is 2. The van der Waals surface area contributed by atoms with Crippen LogP contribution in [0.5, 0.6) is 0 Å². The van der Waals surface area contributed by atoms with Gasteiger partial charge >= 0.3 is 0 Å². The van der Waals surface area contributed by atoms with E-state index in [4.69, 9.17) is 0 Å². The van der Waals surface area contributed by atoms with Crippen LogP contribution in [-0.2, 0) is 42.3 Å². The van der Waals surface area contributed by atoms with Crippen molar-refractivity contribution in [1.29, 1.82) is 0 Å². The summed E-state index contributed by atoms with van der Waals surface area (Å²) in [6, 6.07) is 6.83. The van der Waals surface area contributed by atoms with E-state index in [0.717, 1.165) is 0 Å². The molecule has 0 N–H and O–H groups in total. The second kappa shape index (κ2) is 6.68. The van der Waals surface area contributed by atoms with Crippen LogP contribution < -0.4 is 0 Å². The van der Waals surface area contributed by atoms with E-state index in [1.54, 1.807) is 53.1 Å². The van der Waals surface area contributed by atoms with Gasteiger partial charge in [-0.15, -0.1) is 12.1 Å². The van der Waals surface area contributed by atoms with E-state index >= 15 is 0 Å². The fourth-order valence-corrected chi connectivity index (χ4v) is 1.17. The normalized spacial score (nSPS) is 8.38. The third kappa shape index (κ3) is 4.33. The summed E-state index contributed by atoms with van der Waals surface area (Å²) in [7, 11) is 0. The smallest absolute Gasteiger partial charge is 0.151 e. The molecule has 0 aliphatic carbocycles. The second-order valence-electron chi connectivity index (χ2n) is 2.14. The zero-order valence-corrected chi connectivity index (χ0v) is 11.7. The summed E-state index contributed by atoms with van der Waals surface area (Å²) in [6.07, 6.45) is 3.17. The van der Waals surface area contributed by atoms with E-state index in [9.17, 15) is 9.59 Å². The summed E-state index contributed by atoms with van der Waals surface area (Å²) >= 11 is 1.65. The van der Waals surface area contributed by atoms with Crippen molar-refractivity contribution in [3.63, 3.8) is 0 Å². The van der Waals surface area contributed by atoms with E-state index in [1.165, 1.54) is 6.42 Å². The summed E-state index contributed by atoms with van der Waals surface area (Å²) in [5, 5.41) is 0. The topological polar surface area (TPSA) is 34.1 Å². The first kappa shape index (κ1) is 13.3. The zero-order valence-electron chi connectivity index (χ0n) is 6.66. The van der Waals surface area contributed by atoms with E-state index in [2.05, 4.69) is 0 Å². The molecule has 0 spiro atoms. The molecular weight excluding hydrogens is 356 g/mol. The van der Waals surface area contributed by atoms with Crippen LogP contribution in [0.25, 0.3) is 0 Å². The van der Waals surface area contributed by atoms with Crippen molar-refractivity contribution in [3.05, 3.63) is 41.8 Å². The van der Waals surface area contributed by atoms with Crippen molar-refractivity contribution >= 4 is 32.7 Å². The molecule has 0 saturated heterocycles. The van der Waals surface area contributed by atoms with Crippen LogP contribution in [0.4, 0.5) is 0 Å². The molecule has 0 aliphatic heterocycles. The van der Waals surface area contributed by atoms with Gasteiger partial charge in [0.05, 0.1) is 0 Å². The fourth-order valence-electron chi connectivity index (χ4n) is 0.838. The molecule has 0 bridgehead atoms. The van der Waals surface area contributed by atoms with Gasteiger partial charge in [-0.05, 0) is 28.9 Å². The minimum Gasteiger partial charge on any atom is -0.391 e. The Hall–Kier alpha value is 0.264. The van der Waals surface area contributed by atoms with Crippen LogP contribution in [0.15, 0.2) is 24.3 Å². The largest absolute Gasteiger partial charge is 0.391 e. The van der Waals surface area contributed by atoms with Gasteiger partial charge in [0.25, 0.3) is 0 Å². The molecule has 0 amide bonds. The minimum absolute atomic E-state index is 0. The van der Waals surface area contributed by atoms with Gasteiger partial charge in [-0.25, -0.2) is 12.1 Å². The molecule has 0 unspecified atom stereocenters. The van der Waals surface area contributed by atoms with Crippen LogP contribution in [0, 0.1) is 6.42 Å². The first-order chi connectivity index (χ1) is 5.74. The second-order valence-corrected chi connectivity index (χ2v) is 3.20. The van der Waals surface area contributed by atoms with Crippen LogP contribution in [0.1, 0.15) is 11.1 Å². The standard InChI is InChI=1S/C9H5IO2.Y/c10-9(12)5-7-3-1-2-4-8(7)6-11;/h1-5H;/q-2;. The minimum atomic E-state index is -0.102. The predicted molar refractivity (Wildman–Crippen MR) is 53.7 cm³/mol. The number of carbonyl (C=O) groups is 1. The Bertz CT molecular complexity index is 312. The number of hydrogen-bond donors (Lipinski definition) is 0. The van der Waals surface area contributed by atoms with Crippen molar-refractivity contribution in [2.75, 3.05) is 0 Å². The molecule has 1 aromatic carbocycles. The van der Waals surface area contributed by atoms with Gasteiger partial charge in [-0.2, -0.15) is 6.42 Å². The SMILES string of the molecule is O=[C-]c1ccccc1[CH-]C(=O)I.[Y]. The van der Waals surface area contributed by atoms with Gasteiger partial charge in [-0.3, -0.25) is 15.9 Å². The molecule has 2 nitrogen and oxygen atoms in total. The van der Waals surface area contributed by atoms with Gasteiger partial charge in [0.15, 0.2) is 3.79 Å². The maximum Gasteiger partial charge on any atom is 0.151 e. The quantitative estimate of drug-likeness (QED) is 0.466. The average Bonchev–Trinajstić information content (AvgIpc) is 2.04. The van der Waals surface area contributed by atoms with Crippen molar-refractivity contribution in [2.45, 2.75) is 0 Å². The van der Waals surface area contributed by atoms with Gasteiger partial charge in [-0.1, -0.05) is 0 Å². The molecule has 13 heavy (non-hydrogen) atoms. The Labute approximate surface area is 115 Å². The van der Waals surface area contributed by atoms with Crippen molar-refractivity contribution in [2.24, 2.45) is 0 Å². The Kier molecular flexibility index (Phi) is 6.81. The van der Waals surface area contributed by atoms with Gasteiger partial charge in [0.2, 0.25) is 0 Å². The van der Waals surface area contributed by atoms with Crippen LogP contribution in [-0.4, -0.2) is 10.1 Å². The Morgan fingerprint density at radius 3 is 2.54 bits per heavy atom. The molecule has 0 aromatic heterocycles. The molecule has 0 aliphatic rings. The monoisotopic (exact) mass is 361 g/mol. The Morgan fingerprint density at radius 1 is 1.38 bits per heavy atom. The predicted octanol–water partition coefficient (Wildman–Crippen LogP) is 1.66. The fraction of sp³-hybridized carbons (Fsp3) is 0. The number of benzene rings is 1. The molecule has 0 atom stereocenters. The zero-order chi connectivity index (χ0) is 8.97.